The summed E-state index contributed by atoms with van der Waals surface area (Å²) in [5.41, 5.74) is 0. The molecule has 0 spiro atoms. The van der Waals surface area contributed by atoms with E-state index in [1.165, 1.54) is 42.9 Å². The first kappa shape index (κ1) is 11.0. The SMILES string of the molecule is c1cc(SCCCC2CCCN2)ccn1. The standard InChI is InChI=1S/C12H18N2S/c1-3-11(14-7-1)4-2-10-15-12-5-8-13-9-6-12/h5-6,8-9,11,14H,1-4,7,10H2. The highest BCUT2D eigenvalue weighted by molar-refractivity contribution is 7.99. The molecule has 3 heteroatoms. The first-order valence-electron chi connectivity index (χ1n) is 5.71. The molecule has 1 N–H and O–H groups in total. The molecule has 15 heavy (non-hydrogen) atoms. The number of aromatic nitrogens is 1. The molecule has 1 aromatic heterocycles. The summed E-state index contributed by atoms with van der Waals surface area (Å²) in [4.78, 5) is 5.35. The summed E-state index contributed by atoms with van der Waals surface area (Å²) in [6.45, 7) is 1.22. The monoisotopic (exact) mass is 222 g/mol. The van der Waals surface area contributed by atoms with E-state index in [1.807, 2.05) is 24.2 Å². The number of pyridine rings is 1. The van der Waals surface area contributed by atoms with Gasteiger partial charge in [0.05, 0.1) is 0 Å². The summed E-state index contributed by atoms with van der Waals surface area (Å²) in [5, 5.41) is 3.54. The van der Waals surface area contributed by atoms with Crippen LogP contribution in [0, 0.1) is 0 Å². The Morgan fingerprint density at radius 2 is 2.27 bits per heavy atom. The van der Waals surface area contributed by atoms with Crippen LogP contribution >= 0.6 is 11.8 Å². The molecule has 1 atom stereocenters. The van der Waals surface area contributed by atoms with Gasteiger partial charge in [0.2, 0.25) is 0 Å². The molecule has 1 fully saturated rings. The summed E-state index contributed by atoms with van der Waals surface area (Å²) in [5.74, 6) is 1.22. The molecule has 82 valence electrons. The predicted molar refractivity (Wildman–Crippen MR) is 65.2 cm³/mol. The fourth-order valence-corrected chi connectivity index (χ4v) is 2.82. The molecule has 1 unspecified atom stereocenters. The summed E-state index contributed by atoms with van der Waals surface area (Å²) < 4.78 is 0. The van der Waals surface area contributed by atoms with Crippen molar-refractivity contribution in [2.75, 3.05) is 12.3 Å². The largest absolute Gasteiger partial charge is 0.314 e. The molecule has 0 aliphatic carbocycles. The molecule has 0 aromatic carbocycles. The second-order valence-corrected chi connectivity index (χ2v) is 5.14. The van der Waals surface area contributed by atoms with Crippen molar-refractivity contribution in [3.8, 4) is 0 Å². The van der Waals surface area contributed by atoms with Crippen molar-refractivity contribution in [3.05, 3.63) is 24.5 Å². The van der Waals surface area contributed by atoms with E-state index in [0.717, 1.165) is 6.04 Å². The molecule has 1 aromatic rings. The Kier molecular flexibility index (Phi) is 4.48. The van der Waals surface area contributed by atoms with E-state index in [0.29, 0.717) is 0 Å². The molecule has 1 aliphatic heterocycles. The molecular formula is C12H18N2S. The van der Waals surface area contributed by atoms with Crippen molar-refractivity contribution in [2.24, 2.45) is 0 Å². The van der Waals surface area contributed by atoms with Gasteiger partial charge in [0.25, 0.3) is 0 Å². The second kappa shape index (κ2) is 6.13. The van der Waals surface area contributed by atoms with E-state index >= 15 is 0 Å². The zero-order chi connectivity index (χ0) is 10.3. The molecule has 2 rings (SSSR count). The van der Waals surface area contributed by atoms with Crippen molar-refractivity contribution in [1.82, 2.24) is 10.3 Å². The maximum atomic E-state index is 4.01. The zero-order valence-electron chi connectivity index (χ0n) is 8.98. The topological polar surface area (TPSA) is 24.9 Å². The number of nitrogens with one attached hydrogen (secondary N) is 1. The second-order valence-electron chi connectivity index (χ2n) is 3.97. The van der Waals surface area contributed by atoms with Crippen LogP contribution in [0.5, 0.6) is 0 Å². The number of hydrogen-bond donors (Lipinski definition) is 1. The third-order valence-electron chi connectivity index (χ3n) is 2.78. The lowest BCUT2D eigenvalue weighted by Gasteiger charge is -2.08. The van der Waals surface area contributed by atoms with Gasteiger partial charge >= 0.3 is 0 Å². The van der Waals surface area contributed by atoms with Crippen LogP contribution in [0.4, 0.5) is 0 Å². The van der Waals surface area contributed by atoms with Crippen LogP contribution in [0.25, 0.3) is 0 Å². The Hall–Kier alpha value is -0.540. The molecule has 0 radical (unpaired) electrons. The van der Waals surface area contributed by atoms with Gasteiger partial charge in [-0.05, 0) is 50.1 Å². The van der Waals surface area contributed by atoms with Crippen LogP contribution < -0.4 is 5.32 Å². The maximum absolute atomic E-state index is 4.01. The quantitative estimate of drug-likeness (QED) is 0.612. The first-order valence-corrected chi connectivity index (χ1v) is 6.70. The Morgan fingerprint density at radius 1 is 1.40 bits per heavy atom. The molecule has 2 nitrogen and oxygen atoms in total. The third kappa shape index (κ3) is 3.84. The third-order valence-corrected chi connectivity index (χ3v) is 3.88. The van der Waals surface area contributed by atoms with E-state index in [4.69, 9.17) is 0 Å². The molecule has 1 aliphatic rings. The molecular weight excluding hydrogens is 204 g/mol. The Balaban J connectivity index is 1.59. The van der Waals surface area contributed by atoms with Crippen molar-refractivity contribution < 1.29 is 0 Å². The highest BCUT2D eigenvalue weighted by atomic mass is 32.2. The lowest BCUT2D eigenvalue weighted by molar-refractivity contribution is 0.553. The predicted octanol–water partition coefficient (Wildman–Crippen LogP) is 2.71. The van der Waals surface area contributed by atoms with Crippen molar-refractivity contribution >= 4 is 11.8 Å². The van der Waals surface area contributed by atoms with Crippen molar-refractivity contribution in [2.45, 2.75) is 36.6 Å². The van der Waals surface area contributed by atoms with Crippen LogP contribution in [0.15, 0.2) is 29.4 Å². The van der Waals surface area contributed by atoms with Gasteiger partial charge in [-0.25, -0.2) is 0 Å². The van der Waals surface area contributed by atoms with Gasteiger partial charge in [0.15, 0.2) is 0 Å². The van der Waals surface area contributed by atoms with Gasteiger partial charge in [-0.1, -0.05) is 0 Å². The molecule has 1 saturated heterocycles. The zero-order valence-corrected chi connectivity index (χ0v) is 9.80. The lowest BCUT2D eigenvalue weighted by Crippen LogP contribution is -2.20. The van der Waals surface area contributed by atoms with Crippen LogP contribution in [-0.2, 0) is 0 Å². The Bertz CT molecular complexity index is 270. The first-order chi connectivity index (χ1) is 7.45. The number of thioether (sulfide) groups is 1. The van der Waals surface area contributed by atoms with E-state index < -0.39 is 0 Å². The summed E-state index contributed by atoms with van der Waals surface area (Å²) in [7, 11) is 0. The summed E-state index contributed by atoms with van der Waals surface area (Å²) in [6.07, 6.45) is 9.10. The lowest BCUT2D eigenvalue weighted by atomic mass is 10.1. The fraction of sp³-hybridized carbons (Fsp3) is 0.583. The van der Waals surface area contributed by atoms with Crippen LogP contribution in [-0.4, -0.2) is 23.3 Å². The van der Waals surface area contributed by atoms with Gasteiger partial charge in [0, 0.05) is 23.3 Å². The van der Waals surface area contributed by atoms with Crippen molar-refractivity contribution in [3.63, 3.8) is 0 Å². The molecule has 2 heterocycles. The average Bonchev–Trinajstić information content (AvgIpc) is 2.79. The van der Waals surface area contributed by atoms with Crippen LogP contribution in [0.2, 0.25) is 0 Å². The van der Waals surface area contributed by atoms with E-state index in [9.17, 15) is 0 Å². The summed E-state index contributed by atoms with van der Waals surface area (Å²) >= 11 is 1.94. The normalized spacial score (nSPS) is 20.7. The minimum Gasteiger partial charge on any atom is -0.314 e. The van der Waals surface area contributed by atoms with Crippen LogP contribution in [0.3, 0.4) is 0 Å². The van der Waals surface area contributed by atoms with Crippen LogP contribution in [0.1, 0.15) is 25.7 Å². The van der Waals surface area contributed by atoms with Gasteiger partial charge in [-0.3, -0.25) is 4.98 Å². The van der Waals surface area contributed by atoms with Gasteiger partial charge < -0.3 is 5.32 Å². The maximum Gasteiger partial charge on any atom is 0.0278 e. The van der Waals surface area contributed by atoms with Gasteiger partial charge in [0.1, 0.15) is 0 Å². The highest BCUT2D eigenvalue weighted by Gasteiger charge is 2.12. The van der Waals surface area contributed by atoms with Gasteiger partial charge in [-0.15, -0.1) is 11.8 Å². The fourth-order valence-electron chi connectivity index (χ4n) is 1.96. The number of rotatable bonds is 5. The molecule has 0 bridgehead atoms. The summed E-state index contributed by atoms with van der Waals surface area (Å²) in [6, 6.07) is 4.96. The Morgan fingerprint density at radius 3 is 3.00 bits per heavy atom. The van der Waals surface area contributed by atoms with Crippen molar-refractivity contribution in [1.29, 1.82) is 0 Å². The minimum absolute atomic E-state index is 0.794. The van der Waals surface area contributed by atoms with Gasteiger partial charge in [-0.2, -0.15) is 0 Å². The van der Waals surface area contributed by atoms with E-state index in [-0.39, 0.29) is 0 Å². The number of hydrogen-bond acceptors (Lipinski definition) is 3. The molecule has 0 amide bonds. The average molecular weight is 222 g/mol. The number of nitrogens with zero attached hydrogens (tertiary/aromatic N) is 1. The Labute approximate surface area is 95.9 Å². The van der Waals surface area contributed by atoms with E-state index in [2.05, 4.69) is 22.4 Å². The highest BCUT2D eigenvalue weighted by Crippen LogP contribution is 2.19. The smallest absolute Gasteiger partial charge is 0.0278 e. The van der Waals surface area contributed by atoms with E-state index in [1.54, 1.807) is 0 Å². The minimum atomic E-state index is 0.794. The molecule has 0 saturated carbocycles.